The van der Waals surface area contributed by atoms with E-state index in [0.29, 0.717) is 19.8 Å². The predicted molar refractivity (Wildman–Crippen MR) is 231 cm³/mol. The molecule has 4 aliphatic carbocycles. The summed E-state index contributed by atoms with van der Waals surface area (Å²) in [6.45, 7) is 12.9. The van der Waals surface area contributed by atoms with Crippen LogP contribution in [0.2, 0.25) is 0 Å². The van der Waals surface area contributed by atoms with Crippen molar-refractivity contribution in [1.29, 1.82) is 0 Å². The molecule has 6 heteroatoms. The van der Waals surface area contributed by atoms with Gasteiger partial charge in [-0.15, -0.1) is 0 Å². The fourth-order valence-electron chi connectivity index (χ4n) is 10.1. The average Bonchev–Trinajstić information content (AvgIpc) is 3.67. The second-order valence-electron chi connectivity index (χ2n) is 17.1. The molecule has 0 spiro atoms. The zero-order valence-corrected chi connectivity index (χ0v) is 37.5. The summed E-state index contributed by atoms with van der Waals surface area (Å²) < 4.78 is 1.92. The van der Waals surface area contributed by atoms with Crippen molar-refractivity contribution in [1.82, 2.24) is 4.90 Å². The van der Waals surface area contributed by atoms with Crippen LogP contribution in [0.5, 0.6) is 0 Å². The quantitative estimate of drug-likeness (QED) is 0.193. The van der Waals surface area contributed by atoms with Gasteiger partial charge in [0.25, 0.3) is 0 Å². The van der Waals surface area contributed by atoms with E-state index in [1.54, 1.807) is 77.0 Å². The van der Waals surface area contributed by atoms with Crippen LogP contribution in [0, 0.1) is 0 Å². The molecule has 5 fully saturated rings. The molecule has 1 aliphatic heterocycles. The van der Waals surface area contributed by atoms with Gasteiger partial charge in [-0.1, -0.05) is 131 Å². The molecule has 0 atom stereocenters. The Hall–Kier alpha value is -0.297. The van der Waals surface area contributed by atoms with Crippen LogP contribution in [-0.4, -0.2) is 52.3 Å². The molecule has 0 bridgehead atoms. The summed E-state index contributed by atoms with van der Waals surface area (Å²) in [5.74, 6) is 1.18. The summed E-state index contributed by atoms with van der Waals surface area (Å²) in [6, 6.07) is 17.7. The third-order valence-electron chi connectivity index (χ3n) is 12.7. The molecule has 2 aromatic rings. The van der Waals surface area contributed by atoms with Gasteiger partial charge in [-0.3, -0.25) is 4.90 Å². The Labute approximate surface area is 334 Å². The average molecular weight is 857 g/mol. The van der Waals surface area contributed by atoms with Crippen LogP contribution in [0.4, 0.5) is 5.69 Å². The van der Waals surface area contributed by atoms with Gasteiger partial charge in [0.1, 0.15) is 0 Å². The van der Waals surface area contributed by atoms with Crippen LogP contribution in [-0.2, 0) is 13.5 Å². The minimum absolute atomic E-state index is 0.385. The van der Waals surface area contributed by atoms with Gasteiger partial charge in [0.15, 0.2) is 0 Å². The number of anilines is 1. The summed E-state index contributed by atoms with van der Waals surface area (Å²) in [5.41, 5.74) is 9.28. The minimum atomic E-state index is -1.61. The molecule has 294 valence electrons. The van der Waals surface area contributed by atoms with Crippen molar-refractivity contribution in [2.75, 3.05) is 24.7 Å². The number of benzene rings is 2. The zero-order chi connectivity index (χ0) is 36.7. The summed E-state index contributed by atoms with van der Waals surface area (Å²) in [5, 5.41) is 0. The fraction of sp³-hybridized carbons (Fsp3) is 0.717. The van der Waals surface area contributed by atoms with Crippen molar-refractivity contribution in [3.8, 4) is 0 Å². The van der Waals surface area contributed by atoms with Crippen LogP contribution in [0.15, 0.2) is 48.5 Å². The van der Waals surface area contributed by atoms with E-state index in [4.69, 9.17) is 19.4 Å². The summed E-state index contributed by atoms with van der Waals surface area (Å²) in [7, 11) is 11.7. The van der Waals surface area contributed by atoms with Crippen molar-refractivity contribution < 1.29 is 13.5 Å². The van der Waals surface area contributed by atoms with E-state index in [9.17, 15) is 0 Å². The van der Waals surface area contributed by atoms with Crippen molar-refractivity contribution in [3.05, 3.63) is 65.2 Å². The number of hydrogen-bond donors (Lipinski definition) is 0. The molecule has 0 N–H and O–H groups in total. The first-order valence-corrected chi connectivity index (χ1v) is 28.6. The van der Waals surface area contributed by atoms with Crippen LogP contribution in [0.3, 0.4) is 0 Å². The number of rotatable bonds is 8. The zero-order valence-electron chi connectivity index (χ0n) is 33.4. The van der Waals surface area contributed by atoms with Crippen LogP contribution >= 0.6 is 27.3 Å². The van der Waals surface area contributed by atoms with Gasteiger partial charge in [-0.05, 0) is 91.3 Å². The van der Waals surface area contributed by atoms with Crippen molar-refractivity contribution in [2.45, 2.75) is 191 Å². The number of hydrogen-bond acceptors (Lipinski definition) is 2. The molecule has 0 aromatic heterocycles. The third kappa shape index (κ3) is 13.1. The van der Waals surface area contributed by atoms with Crippen molar-refractivity contribution in [2.24, 2.45) is 0 Å². The molecule has 2 aromatic carbocycles. The first-order valence-electron chi connectivity index (χ1n) is 21.6. The molecule has 0 radical (unpaired) electrons. The van der Waals surface area contributed by atoms with Gasteiger partial charge in [0, 0.05) is 24.8 Å². The fourth-order valence-corrected chi connectivity index (χ4v) is 16.6. The van der Waals surface area contributed by atoms with Crippen molar-refractivity contribution in [3.63, 3.8) is 0 Å². The van der Waals surface area contributed by atoms with Gasteiger partial charge in [0.2, 0.25) is 0 Å². The first kappa shape index (κ1) is 42.8. The summed E-state index contributed by atoms with van der Waals surface area (Å²) in [6.07, 6.45) is 30.8. The van der Waals surface area contributed by atoms with E-state index in [1.807, 2.05) is 34.9 Å². The van der Waals surface area contributed by atoms with Gasteiger partial charge >= 0.3 is 73.4 Å². The first-order chi connectivity index (χ1) is 25.3. The van der Waals surface area contributed by atoms with Gasteiger partial charge in [-0.2, -0.15) is 0 Å². The Morgan fingerprint density at radius 3 is 1.44 bits per heavy atom. The molecule has 52 heavy (non-hydrogen) atoms. The number of nitrogens with zero attached hydrogens (tertiary/aromatic N) is 2. The monoisotopic (exact) mass is 856 g/mol. The molecule has 1 saturated heterocycles. The topological polar surface area (TPSA) is 6.48 Å². The molecule has 4 saturated carbocycles. The number of halogens is 2. The Morgan fingerprint density at radius 1 is 0.577 bits per heavy atom. The van der Waals surface area contributed by atoms with E-state index in [0.717, 1.165) is 18.3 Å². The van der Waals surface area contributed by atoms with E-state index in [2.05, 4.69) is 55.7 Å². The third-order valence-corrected chi connectivity index (χ3v) is 18.7. The molecule has 0 unspecified atom stereocenters. The summed E-state index contributed by atoms with van der Waals surface area (Å²) >= 11 is -1.61. The molecule has 7 rings (SSSR count). The van der Waals surface area contributed by atoms with Crippen LogP contribution in [0.25, 0.3) is 0 Å². The van der Waals surface area contributed by atoms with Crippen molar-refractivity contribution >= 4 is 37.6 Å². The second kappa shape index (κ2) is 23.1. The predicted octanol–water partition coefficient (Wildman–Crippen LogP) is 14.6. The van der Waals surface area contributed by atoms with Gasteiger partial charge in [-0.25, -0.2) is 0 Å². The molecular formula is C46H73Cl2N2PRu. The standard InChI is InChI=1S/C21H34N2.C18H33P.C7H6.2ClH.Ru/c1-16(2)19-11-8-12-20(17(3)4)21(19)23-14-13-22(15-23)18-9-6-5-7-10-18;1-4-10-16(11-5-1)19(17-12-6-2-7-13-17)18-14-8-3-9-15-18;1-7-5-3-2-4-6-7;;;/h8,11-12,16-18H,5-7,9-10,13-15H2,1-4H3;16-18H,1-15H2;1-6H;2*1H;/q;;;;;+2/p-2. The maximum atomic E-state index is 5.67. The molecule has 1 heterocycles. The van der Waals surface area contributed by atoms with Crippen LogP contribution in [0.1, 0.15) is 185 Å². The Kier molecular flexibility index (Phi) is 19.0. The normalized spacial score (nSPS) is 21.9. The molecular weight excluding hydrogens is 783 g/mol. The number of para-hydroxylation sites is 1. The van der Waals surface area contributed by atoms with E-state index < -0.39 is 13.5 Å². The van der Waals surface area contributed by atoms with E-state index in [-0.39, 0.29) is 0 Å². The summed E-state index contributed by atoms with van der Waals surface area (Å²) in [4.78, 5) is 5.42. The molecule has 2 nitrogen and oxygen atoms in total. The van der Waals surface area contributed by atoms with E-state index in [1.165, 1.54) is 98.2 Å². The molecule has 0 amide bonds. The Morgan fingerprint density at radius 2 is 1.02 bits per heavy atom. The van der Waals surface area contributed by atoms with Gasteiger partial charge in [0.05, 0.1) is 6.67 Å². The second-order valence-corrected chi connectivity index (χ2v) is 26.0. The SMILES string of the molecule is C1CCC(P(C2CCCCC2)C2CCCCC2)CC1.CC(C)c1cccc(C(C)C)c1N1CCN(C2CCCCC2)C1.[Cl][Ru]([Cl])=[CH]c1ccccc1. The van der Waals surface area contributed by atoms with Gasteiger partial charge < -0.3 is 4.90 Å². The Balaban J connectivity index is 0.000000162. The Bertz CT molecular complexity index is 1240. The molecule has 5 aliphatic rings. The van der Waals surface area contributed by atoms with Crippen LogP contribution < -0.4 is 4.90 Å². The van der Waals surface area contributed by atoms with E-state index >= 15 is 0 Å². The maximum absolute atomic E-state index is 5.67.